The molecule has 0 aromatic heterocycles. The topological polar surface area (TPSA) is 108 Å². The van der Waals surface area contributed by atoms with E-state index < -0.39 is 29.1 Å². The maximum absolute atomic E-state index is 13.3. The van der Waals surface area contributed by atoms with Crippen LogP contribution in [0.1, 0.15) is 52.5 Å². The second-order valence-electron chi connectivity index (χ2n) is 9.93. The van der Waals surface area contributed by atoms with Gasteiger partial charge in [0.25, 0.3) is 0 Å². The fraction of sp³-hybridized carbons (Fsp3) is 0.481. The molecule has 5 N–H and O–H groups in total. The molecular formula is C27H40N4O3. The van der Waals surface area contributed by atoms with Crippen molar-refractivity contribution >= 4 is 17.6 Å². The highest BCUT2D eigenvalue weighted by molar-refractivity contribution is 5.92. The van der Waals surface area contributed by atoms with Crippen LogP contribution in [0.4, 0.5) is 10.5 Å². The number of urea groups is 1. The smallest absolute Gasteiger partial charge is 0.321 e. The Balaban J connectivity index is 2.37. The fourth-order valence-corrected chi connectivity index (χ4v) is 3.81. The Morgan fingerprint density at radius 1 is 1.03 bits per heavy atom. The number of hydrogen-bond acceptors (Lipinski definition) is 4. The third-order valence-corrected chi connectivity index (χ3v) is 5.82. The molecule has 2 aromatic rings. The third kappa shape index (κ3) is 7.57. The Hall–Kier alpha value is -2.90. The summed E-state index contributed by atoms with van der Waals surface area (Å²) in [5.74, 6) is -0.426. The zero-order valence-electron chi connectivity index (χ0n) is 21.0. The van der Waals surface area contributed by atoms with Crippen LogP contribution in [0.2, 0.25) is 0 Å². The number of nitrogens with one attached hydrogen (secondary N) is 2. The highest BCUT2D eigenvalue weighted by Gasteiger charge is 2.46. The number of para-hydroxylation sites is 1. The van der Waals surface area contributed by atoms with Gasteiger partial charge >= 0.3 is 6.03 Å². The minimum atomic E-state index is -1.57. The molecule has 3 atom stereocenters. The van der Waals surface area contributed by atoms with E-state index in [0.717, 1.165) is 12.0 Å². The van der Waals surface area contributed by atoms with E-state index in [1.165, 1.54) is 4.90 Å². The number of benzene rings is 2. The van der Waals surface area contributed by atoms with Crippen LogP contribution in [0.25, 0.3) is 0 Å². The van der Waals surface area contributed by atoms with Crippen molar-refractivity contribution in [1.29, 1.82) is 0 Å². The van der Waals surface area contributed by atoms with Gasteiger partial charge in [-0.05, 0) is 51.3 Å². The van der Waals surface area contributed by atoms with Crippen molar-refractivity contribution in [3.05, 3.63) is 66.2 Å². The number of anilines is 1. The van der Waals surface area contributed by atoms with E-state index in [1.54, 1.807) is 7.05 Å². The number of rotatable bonds is 10. The SMILES string of the molecule is CCCCC(N)(C(=O)NC(C)(C)C)C(O)C(Cc1ccccc1)NC(=O)N(C)c1ccccc1. The standard InChI is InChI=1S/C27H40N4O3/c1-6-7-18-27(28,24(33)30-26(2,3)4)23(32)22(19-20-14-10-8-11-15-20)29-25(34)31(5)21-16-12-9-13-17-21/h8-17,22-23,32H,6-7,18-19,28H2,1-5H3,(H,29,34)(H,30,33). The summed E-state index contributed by atoms with van der Waals surface area (Å²) in [6.07, 6.45) is 0.795. The molecular weight excluding hydrogens is 428 g/mol. The van der Waals surface area contributed by atoms with Gasteiger partial charge in [-0.1, -0.05) is 68.3 Å². The van der Waals surface area contributed by atoms with Crippen molar-refractivity contribution in [2.24, 2.45) is 5.73 Å². The molecule has 0 fully saturated rings. The first-order valence-corrected chi connectivity index (χ1v) is 11.9. The van der Waals surface area contributed by atoms with E-state index in [4.69, 9.17) is 5.73 Å². The van der Waals surface area contributed by atoms with E-state index in [2.05, 4.69) is 10.6 Å². The van der Waals surface area contributed by atoms with E-state index in [9.17, 15) is 14.7 Å². The van der Waals surface area contributed by atoms with Crippen LogP contribution in [-0.4, -0.2) is 47.3 Å². The molecule has 0 aliphatic rings. The number of aliphatic hydroxyl groups excluding tert-OH is 1. The summed E-state index contributed by atoms with van der Waals surface area (Å²) in [7, 11) is 1.66. The summed E-state index contributed by atoms with van der Waals surface area (Å²) in [6, 6.07) is 17.6. The number of nitrogens with zero attached hydrogens (tertiary/aromatic N) is 1. The van der Waals surface area contributed by atoms with Crippen LogP contribution in [-0.2, 0) is 11.2 Å². The monoisotopic (exact) mass is 468 g/mol. The molecule has 7 heteroatoms. The van der Waals surface area contributed by atoms with Crippen molar-refractivity contribution in [3.63, 3.8) is 0 Å². The summed E-state index contributed by atoms with van der Waals surface area (Å²) in [4.78, 5) is 27.9. The van der Waals surface area contributed by atoms with Gasteiger partial charge < -0.3 is 21.5 Å². The van der Waals surface area contributed by atoms with E-state index in [-0.39, 0.29) is 6.03 Å². The number of unbranched alkanes of at least 4 members (excludes halogenated alkanes) is 1. The Bertz CT molecular complexity index is 914. The first-order valence-electron chi connectivity index (χ1n) is 11.9. The van der Waals surface area contributed by atoms with Gasteiger partial charge in [-0.15, -0.1) is 0 Å². The van der Waals surface area contributed by atoms with Crippen LogP contribution >= 0.6 is 0 Å². The molecule has 0 spiro atoms. The second-order valence-corrected chi connectivity index (χ2v) is 9.93. The van der Waals surface area contributed by atoms with Gasteiger partial charge in [0.05, 0.1) is 6.04 Å². The molecule has 0 saturated carbocycles. The molecule has 3 amide bonds. The van der Waals surface area contributed by atoms with Gasteiger partial charge in [0.15, 0.2) is 0 Å². The van der Waals surface area contributed by atoms with Gasteiger partial charge in [0, 0.05) is 18.3 Å². The molecule has 2 aromatic carbocycles. The number of nitrogens with two attached hydrogens (primary N) is 1. The van der Waals surface area contributed by atoms with Crippen LogP contribution in [0.3, 0.4) is 0 Å². The first-order chi connectivity index (χ1) is 16.0. The molecule has 2 rings (SSSR count). The summed E-state index contributed by atoms with van der Waals surface area (Å²) in [5.41, 5.74) is 6.22. The molecule has 7 nitrogen and oxygen atoms in total. The van der Waals surface area contributed by atoms with Crippen molar-refractivity contribution < 1.29 is 14.7 Å². The number of hydrogen-bond donors (Lipinski definition) is 4. The molecule has 186 valence electrons. The van der Waals surface area contributed by atoms with Crippen LogP contribution in [0.5, 0.6) is 0 Å². The maximum Gasteiger partial charge on any atom is 0.321 e. The van der Waals surface area contributed by atoms with Crippen molar-refractivity contribution in [2.75, 3.05) is 11.9 Å². The molecule has 0 bridgehead atoms. The summed E-state index contributed by atoms with van der Waals surface area (Å²) in [5, 5.41) is 17.4. The Morgan fingerprint density at radius 3 is 2.12 bits per heavy atom. The largest absolute Gasteiger partial charge is 0.388 e. The third-order valence-electron chi connectivity index (χ3n) is 5.82. The predicted octanol–water partition coefficient (Wildman–Crippen LogP) is 3.61. The molecule has 0 aliphatic carbocycles. The number of aliphatic hydroxyl groups is 1. The molecule has 0 aliphatic heterocycles. The van der Waals surface area contributed by atoms with E-state index in [0.29, 0.717) is 24.9 Å². The van der Waals surface area contributed by atoms with Crippen LogP contribution in [0.15, 0.2) is 60.7 Å². The van der Waals surface area contributed by atoms with Crippen molar-refractivity contribution in [1.82, 2.24) is 10.6 Å². The quantitative estimate of drug-likeness (QED) is 0.427. The Kier molecular flexibility index (Phi) is 9.65. The number of carbonyl (C=O) groups is 2. The molecule has 0 heterocycles. The van der Waals surface area contributed by atoms with E-state index >= 15 is 0 Å². The van der Waals surface area contributed by atoms with Gasteiger partial charge in [-0.25, -0.2) is 4.79 Å². The van der Waals surface area contributed by atoms with Gasteiger partial charge in [0.2, 0.25) is 5.91 Å². The summed E-state index contributed by atoms with van der Waals surface area (Å²) < 4.78 is 0. The minimum absolute atomic E-state index is 0.294. The van der Waals surface area contributed by atoms with Crippen LogP contribution in [0, 0.1) is 0 Å². The van der Waals surface area contributed by atoms with Gasteiger partial charge in [-0.3, -0.25) is 9.69 Å². The first kappa shape index (κ1) is 27.3. The normalized spacial score (nSPS) is 15.0. The second kappa shape index (κ2) is 12.0. The fourth-order valence-electron chi connectivity index (χ4n) is 3.81. The van der Waals surface area contributed by atoms with Gasteiger partial charge in [0.1, 0.15) is 11.6 Å². The molecule has 0 radical (unpaired) electrons. The lowest BCUT2D eigenvalue weighted by Gasteiger charge is -2.40. The zero-order chi connectivity index (χ0) is 25.4. The molecule has 0 saturated heterocycles. The van der Waals surface area contributed by atoms with Crippen molar-refractivity contribution in [2.45, 2.75) is 76.6 Å². The summed E-state index contributed by atoms with van der Waals surface area (Å²) >= 11 is 0. The minimum Gasteiger partial charge on any atom is -0.388 e. The maximum atomic E-state index is 13.3. The highest BCUT2D eigenvalue weighted by atomic mass is 16.3. The van der Waals surface area contributed by atoms with Crippen molar-refractivity contribution in [3.8, 4) is 0 Å². The Morgan fingerprint density at radius 2 is 1.59 bits per heavy atom. The van der Waals surface area contributed by atoms with E-state index in [1.807, 2.05) is 88.4 Å². The highest BCUT2D eigenvalue weighted by Crippen LogP contribution is 2.23. The molecule has 3 unspecified atom stereocenters. The van der Waals surface area contributed by atoms with Crippen LogP contribution < -0.4 is 21.3 Å². The molecule has 34 heavy (non-hydrogen) atoms. The average molecular weight is 469 g/mol. The number of carbonyl (C=O) groups excluding carboxylic acids is 2. The number of amides is 3. The zero-order valence-corrected chi connectivity index (χ0v) is 21.0. The predicted molar refractivity (Wildman–Crippen MR) is 138 cm³/mol. The lowest BCUT2D eigenvalue weighted by molar-refractivity contribution is -0.133. The summed E-state index contributed by atoms with van der Waals surface area (Å²) in [6.45, 7) is 7.62. The lowest BCUT2D eigenvalue weighted by atomic mass is 9.80. The lowest BCUT2D eigenvalue weighted by Crippen LogP contribution is -2.69. The Labute approximate surface area is 203 Å². The average Bonchev–Trinajstić information content (AvgIpc) is 2.81. The van der Waals surface area contributed by atoms with Gasteiger partial charge in [-0.2, -0.15) is 0 Å².